The Morgan fingerprint density at radius 2 is 1.45 bits per heavy atom. The van der Waals surface area contributed by atoms with Crippen LogP contribution < -0.4 is 10.6 Å². The highest BCUT2D eigenvalue weighted by Crippen LogP contribution is 2.31. The van der Waals surface area contributed by atoms with Gasteiger partial charge in [0.25, 0.3) is 5.91 Å². The van der Waals surface area contributed by atoms with Crippen LogP contribution in [0.5, 0.6) is 0 Å². The molecule has 0 aromatic heterocycles. The van der Waals surface area contributed by atoms with Gasteiger partial charge in [0.05, 0.1) is 0 Å². The second-order valence-corrected chi connectivity index (χ2v) is 11.4. The summed E-state index contributed by atoms with van der Waals surface area (Å²) in [5.41, 5.74) is 3.53. The van der Waals surface area contributed by atoms with Crippen molar-refractivity contribution in [3.63, 3.8) is 0 Å². The fourth-order valence-electron chi connectivity index (χ4n) is 4.47. The molecule has 0 aliphatic carbocycles. The van der Waals surface area contributed by atoms with Gasteiger partial charge in [-0.2, -0.15) is 0 Å². The lowest BCUT2D eigenvalue weighted by molar-refractivity contribution is -0.144. The van der Waals surface area contributed by atoms with Crippen LogP contribution in [-0.4, -0.2) is 40.5 Å². The Labute approximate surface area is 228 Å². The summed E-state index contributed by atoms with van der Waals surface area (Å²) in [6, 6.07) is 11.3. The van der Waals surface area contributed by atoms with Crippen LogP contribution in [0, 0.1) is 26.7 Å². The van der Waals surface area contributed by atoms with Crippen LogP contribution in [0.2, 0.25) is 0 Å². The number of aryl methyl sites for hydroxylation is 3. The summed E-state index contributed by atoms with van der Waals surface area (Å²) in [5.74, 6) is -0.820. The van der Waals surface area contributed by atoms with Crippen molar-refractivity contribution in [3.8, 4) is 0 Å². The van der Waals surface area contributed by atoms with Crippen LogP contribution >= 0.6 is 0 Å². The monoisotopic (exact) mass is 523 g/mol. The molecule has 0 aliphatic heterocycles. The number of nitrogens with zero attached hydrogens (tertiary/aromatic N) is 1. The molecule has 2 aromatic carbocycles. The lowest BCUT2D eigenvalue weighted by Gasteiger charge is -2.39. The van der Waals surface area contributed by atoms with Gasteiger partial charge >= 0.3 is 6.09 Å². The van der Waals surface area contributed by atoms with Gasteiger partial charge < -0.3 is 20.3 Å². The van der Waals surface area contributed by atoms with E-state index in [1.165, 1.54) is 0 Å². The molecule has 38 heavy (non-hydrogen) atoms. The summed E-state index contributed by atoms with van der Waals surface area (Å²) in [5, 5.41) is 5.91. The number of carbonyl (C=O) groups excluding carboxylic acids is 3. The molecule has 2 rings (SSSR count). The number of carbonyl (C=O) groups is 3. The number of ether oxygens (including phenoxy) is 1. The zero-order chi connectivity index (χ0) is 28.8. The third-order valence-corrected chi connectivity index (χ3v) is 6.70. The largest absolute Gasteiger partial charge is 0.444 e. The molecule has 3 unspecified atom stereocenters. The highest BCUT2D eigenvalue weighted by Gasteiger charge is 2.40. The van der Waals surface area contributed by atoms with Crippen LogP contribution in [0.25, 0.3) is 0 Å². The van der Waals surface area contributed by atoms with E-state index in [1.807, 2.05) is 90.9 Å². The first-order valence-corrected chi connectivity index (χ1v) is 13.4. The van der Waals surface area contributed by atoms with E-state index in [0.29, 0.717) is 6.42 Å². The molecule has 2 aromatic rings. The molecule has 0 saturated carbocycles. The number of nitrogens with one attached hydrogen (secondary N) is 2. The van der Waals surface area contributed by atoms with Gasteiger partial charge in [-0.05, 0) is 83.6 Å². The zero-order valence-corrected chi connectivity index (χ0v) is 24.6. The second-order valence-electron chi connectivity index (χ2n) is 11.4. The fourth-order valence-corrected chi connectivity index (χ4v) is 4.47. The van der Waals surface area contributed by atoms with Crippen LogP contribution in [0.15, 0.2) is 42.5 Å². The van der Waals surface area contributed by atoms with E-state index in [4.69, 9.17) is 4.74 Å². The normalized spacial score (nSPS) is 13.9. The van der Waals surface area contributed by atoms with Crippen molar-refractivity contribution in [3.05, 3.63) is 64.7 Å². The number of hydrogen-bond donors (Lipinski definition) is 2. The van der Waals surface area contributed by atoms with E-state index in [9.17, 15) is 14.4 Å². The summed E-state index contributed by atoms with van der Waals surface area (Å²) in [7, 11) is 0. The Morgan fingerprint density at radius 1 is 0.895 bits per heavy atom. The van der Waals surface area contributed by atoms with E-state index < -0.39 is 23.8 Å². The van der Waals surface area contributed by atoms with Gasteiger partial charge in [-0.3, -0.25) is 9.59 Å². The molecule has 0 saturated heterocycles. The molecular formula is C31H45N3O4. The van der Waals surface area contributed by atoms with E-state index in [1.54, 1.807) is 25.7 Å². The minimum atomic E-state index is -0.908. The minimum Gasteiger partial charge on any atom is -0.444 e. The van der Waals surface area contributed by atoms with Crippen molar-refractivity contribution in [2.45, 2.75) is 99.4 Å². The molecule has 0 bridgehead atoms. The maximum absolute atomic E-state index is 14.3. The van der Waals surface area contributed by atoms with Crippen molar-refractivity contribution in [2.24, 2.45) is 5.92 Å². The topological polar surface area (TPSA) is 87.7 Å². The van der Waals surface area contributed by atoms with Crippen molar-refractivity contribution >= 4 is 23.6 Å². The predicted molar refractivity (Wildman–Crippen MR) is 153 cm³/mol. The summed E-state index contributed by atoms with van der Waals surface area (Å²) < 4.78 is 5.47. The third-order valence-electron chi connectivity index (χ3n) is 6.70. The number of amides is 3. The SMILES string of the molecule is CCC(C)C(NC(=O)OC(C)(C)C)C(=O)N(C(C)C)C(C(=O)Nc1c(C)cccc1C)c1ccccc1C. The molecule has 7 heteroatoms. The standard InChI is InChI=1S/C31H45N3O4/c1-11-20(4)26(33-30(37)38-31(8,9)10)29(36)34(19(2)3)27(24-18-13-12-15-21(24)5)28(35)32-25-22(6)16-14-17-23(25)7/h12-20,26-27H,11H2,1-10H3,(H,32,35)(H,33,37). The average molecular weight is 524 g/mol. The van der Waals surface area contributed by atoms with Crippen LogP contribution in [-0.2, 0) is 14.3 Å². The Morgan fingerprint density at radius 3 is 1.95 bits per heavy atom. The van der Waals surface area contributed by atoms with Crippen molar-refractivity contribution in [1.82, 2.24) is 10.2 Å². The molecule has 3 amide bonds. The Bertz CT molecular complexity index is 1120. The van der Waals surface area contributed by atoms with Crippen LogP contribution in [0.3, 0.4) is 0 Å². The molecule has 0 fully saturated rings. The Hall–Kier alpha value is -3.35. The summed E-state index contributed by atoms with van der Waals surface area (Å²) in [4.78, 5) is 42.7. The Kier molecular flexibility index (Phi) is 10.5. The number of benzene rings is 2. The third kappa shape index (κ3) is 7.83. The van der Waals surface area contributed by atoms with Crippen LogP contribution in [0.1, 0.15) is 83.2 Å². The lowest BCUT2D eigenvalue weighted by Crippen LogP contribution is -2.56. The maximum Gasteiger partial charge on any atom is 0.408 e. The zero-order valence-electron chi connectivity index (χ0n) is 24.6. The van der Waals surface area contributed by atoms with Gasteiger partial charge in [0.1, 0.15) is 17.7 Å². The number of hydrogen-bond acceptors (Lipinski definition) is 4. The van der Waals surface area contributed by atoms with Gasteiger partial charge in [-0.25, -0.2) is 4.79 Å². The number of rotatable bonds is 9. The van der Waals surface area contributed by atoms with Crippen molar-refractivity contribution < 1.29 is 19.1 Å². The van der Waals surface area contributed by atoms with Gasteiger partial charge in [-0.1, -0.05) is 62.7 Å². The molecule has 0 spiro atoms. The molecule has 0 aliphatic rings. The van der Waals surface area contributed by atoms with Gasteiger partial charge in [0.15, 0.2) is 0 Å². The second kappa shape index (κ2) is 12.9. The van der Waals surface area contributed by atoms with E-state index in [0.717, 1.165) is 27.9 Å². The first-order chi connectivity index (χ1) is 17.7. The minimum absolute atomic E-state index is 0.185. The highest BCUT2D eigenvalue weighted by atomic mass is 16.6. The summed E-state index contributed by atoms with van der Waals surface area (Å²) in [6.07, 6.45) is -0.00539. The van der Waals surface area contributed by atoms with E-state index >= 15 is 0 Å². The molecule has 208 valence electrons. The van der Waals surface area contributed by atoms with Gasteiger partial charge in [-0.15, -0.1) is 0 Å². The van der Waals surface area contributed by atoms with Gasteiger partial charge in [0, 0.05) is 11.7 Å². The first-order valence-electron chi connectivity index (χ1n) is 13.4. The lowest BCUT2D eigenvalue weighted by atomic mass is 9.93. The fraction of sp³-hybridized carbons (Fsp3) is 0.516. The maximum atomic E-state index is 14.3. The molecule has 7 nitrogen and oxygen atoms in total. The quantitative estimate of drug-likeness (QED) is 0.394. The Balaban J connectivity index is 2.60. The molecule has 0 radical (unpaired) electrons. The van der Waals surface area contributed by atoms with Crippen LogP contribution in [0.4, 0.5) is 10.5 Å². The molecule has 2 N–H and O–H groups in total. The van der Waals surface area contributed by atoms with E-state index in [-0.39, 0.29) is 23.8 Å². The number of anilines is 1. The molecular weight excluding hydrogens is 478 g/mol. The molecule has 0 heterocycles. The number of para-hydroxylation sites is 1. The molecule has 3 atom stereocenters. The summed E-state index contributed by atoms with van der Waals surface area (Å²) in [6.45, 7) is 18.8. The predicted octanol–water partition coefficient (Wildman–Crippen LogP) is 6.47. The summed E-state index contributed by atoms with van der Waals surface area (Å²) >= 11 is 0. The number of alkyl carbamates (subject to hydrolysis) is 1. The highest BCUT2D eigenvalue weighted by molar-refractivity contribution is 6.00. The van der Waals surface area contributed by atoms with E-state index in [2.05, 4.69) is 10.6 Å². The average Bonchev–Trinajstić information content (AvgIpc) is 2.81. The van der Waals surface area contributed by atoms with Gasteiger partial charge in [0.2, 0.25) is 5.91 Å². The van der Waals surface area contributed by atoms with Crippen molar-refractivity contribution in [1.29, 1.82) is 0 Å². The smallest absolute Gasteiger partial charge is 0.408 e. The first kappa shape index (κ1) is 30.9. The van der Waals surface area contributed by atoms with Crippen molar-refractivity contribution in [2.75, 3.05) is 5.32 Å².